The van der Waals surface area contributed by atoms with Crippen molar-refractivity contribution in [2.75, 3.05) is 0 Å². The number of rotatable bonds is 1. The molecular formula is C13H9Cl2FO. The van der Waals surface area contributed by atoms with Gasteiger partial charge in [0.15, 0.2) is 0 Å². The number of phenols is 1. The van der Waals surface area contributed by atoms with Crippen LogP contribution in [0.2, 0.25) is 10.0 Å². The molecule has 2 aromatic rings. The van der Waals surface area contributed by atoms with Crippen LogP contribution in [0.3, 0.4) is 0 Å². The van der Waals surface area contributed by atoms with Crippen LogP contribution < -0.4 is 0 Å². The lowest BCUT2D eigenvalue weighted by Gasteiger charge is -2.09. The van der Waals surface area contributed by atoms with Crippen molar-refractivity contribution in [3.05, 3.63) is 51.8 Å². The summed E-state index contributed by atoms with van der Waals surface area (Å²) in [6.45, 7) is 1.79. The molecule has 4 heteroatoms. The van der Waals surface area contributed by atoms with Gasteiger partial charge in [0.05, 0.1) is 10.0 Å². The fourth-order valence-electron chi connectivity index (χ4n) is 1.67. The predicted molar refractivity (Wildman–Crippen MR) is 68.3 cm³/mol. The molecule has 1 nitrogen and oxygen atoms in total. The van der Waals surface area contributed by atoms with Gasteiger partial charge in [0, 0.05) is 11.6 Å². The van der Waals surface area contributed by atoms with E-state index in [9.17, 15) is 9.50 Å². The van der Waals surface area contributed by atoms with Gasteiger partial charge < -0.3 is 5.11 Å². The molecule has 0 aliphatic heterocycles. The smallest absolute Gasteiger partial charge is 0.135 e. The van der Waals surface area contributed by atoms with Crippen LogP contribution in [0.1, 0.15) is 5.56 Å². The second-order valence-electron chi connectivity index (χ2n) is 3.74. The van der Waals surface area contributed by atoms with Gasteiger partial charge in [-0.2, -0.15) is 0 Å². The molecule has 0 bridgehead atoms. The lowest BCUT2D eigenvalue weighted by atomic mass is 10.0. The monoisotopic (exact) mass is 270 g/mol. The van der Waals surface area contributed by atoms with Crippen LogP contribution in [0.15, 0.2) is 30.3 Å². The first kappa shape index (κ1) is 12.2. The molecule has 2 rings (SSSR count). The lowest BCUT2D eigenvalue weighted by Crippen LogP contribution is -1.87. The topological polar surface area (TPSA) is 20.2 Å². The third-order valence-electron chi connectivity index (χ3n) is 2.52. The molecule has 0 saturated heterocycles. The molecule has 0 radical (unpaired) electrons. The Balaban J connectivity index is 2.64. The molecule has 0 aliphatic carbocycles. The van der Waals surface area contributed by atoms with Crippen LogP contribution in [-0.4, -0.2) is 5.11 Å². The summed E-state index contributed by atoms with van der Waals surface area (Å²) in [7, 11) is 0. The van der Waals surface area contributed by atoms with Crippen LogP contribution in [0, 0.1) is 12.7 Å². The van der Waals surface area contributed by atoms with E-state index < -0.39 is 0 Å². The van der Waals surface area contributed by atoms with E-state index >= 15 is 0 Å². The van der Waals surface area contributed by atoms with E-state index in [1.807, 2.05) is 0 Å². The molecule has 0 aromatic heterocycles. The Bertz CT molecular complexity index is 582. The van der Waals surface area contributed by atoms with E-state index in [1.54, 1.807) is 19.1 Å². The third-order valence-corrected chi connectivity index (χ3v) is 3.13. The molecule has 88 valence electrons. The van der Waals surface area contributed by atoms with Crippen LogP contribution in [0.4, 0.5) is 4.39 Å². The Morgan fingerprint density at radius 1 is 1.00 bits per heavy atom. The number of aromatic hydroxyl groups is 1. The average molecular weight is 271 g/mol. The average Bonchev–Trinajstić information content (AvgIpc) is 2.24. The summed E-state index contributed by atoms with van der Waals surface area (Å²) in [5.74, 6) is -0.368. The zero-order valence-electron chi connectivity index (χ0n) is 8.97. The minimum absolute atomic E-state index is 0.0693. The highest BCUT2D eigenvalue weighted by atomic mass is 35.5. The van der Waals surface area contributed by atoms with Crippen LogP contribution in [0.25, 0.3) is 11.1 Å². The maximum absolute atomic E-state index is 13.0. The van der Waals surface area contributed by atoms with E-state index in [-0.39, 0.29) is 16.6 Å². The second kappa shape index (κ2) is 4.55. The maximum Gasteiger partial charge on any atom is 0.135 e. The Morgan fingerprint density at radius 3 is 2.35 bits per heavy atom. The van der Waals surface area contributed by atoms with Crippen molar-refractivity contribution in [3.63, 3.8) is 0 Å². The Labute approximate surface area is 108 Å². The Kier molecular flexibility index (Phi) is 3.27. The Hall–Kier alpha value is -1.25. The van der Waals surface area contributed by atoms with Gasteiger partial charge in [-0.25, -0.2) is 4.39 Å². The maximum atomic E-state index is 13.0. The van der Waals surface area contributed by atoms with Gasteiger partial charge in [0.25, 0.3) is 0 Å². The Morgan fingerprint density at radius 2 is 1.71 bits per heavy atom. The molecule has 0 unspecified atom stereocenters. The van der Waals surface area contributed by atoms with Gasteiger partial charge in [-0.3, -0.25) is 0 Å². The van der Waals surface area contributed by atoms with E-state index in [0.717, 1.165) is 11.1 Å². The molecule has 1 N–H and O–H groups in total. The van der Waals surface area contributed by atoms with Gasteiger partial charge in [-0.05, 0) is 36.2 Å². The number of hydrogen-bond donors (Lipinski definition) is 1. The van der Waals surface area contributed by atoms with Crippen molar-refractivity contribution in [2.24, 2.45) is 0 Å². The quantitative estimate of drug-likeness (QED) is 0.788. The number of phenolic OH excluding ortho intramolecular Hbond substituents is 1. The lowest BCUT2D eigenvalue weighted by molar-refractivity contribution is 0.475. The highest BCUT2D eigenvalue weighted by Gasteiger charge is 2.10. The number of hydrogen-bond acceptors (Lipinski definition) is 1. The molecule has 0 fully saturated rings. The second-order valence-corrected chi connectivity index (χ2v) is 4.56. The first-order valence-corrected chi connectivity index (χ1v) is 5.69. The highest BCUT2D eigenvalue weighted by Crippen LogP contribution is 2.37. The van der Waals surface area contributed by atoms with Crippen molar-refractivity contribution in [3.8, 4) is 16.9 Å². The molecule has 2 aromatic carbocycles. The van der Waals surface area contributed by atoms with Crippen molar-refractivity contribution in [1.29, 1.82) is 0 Å². The van der Waals surface area contributed by atoms with Gasteiger partial charge in [-0.1, -0.05) is 29.3 Å². The summed E-state index contributed by atoms with van der Waals surface area (Å²) in [4.78, 5) is 0. The summed E-state index contributed by atoms with van der Waals surface area (Å²) in [6, 6.07) is 7.37. The number of aryl methyl sites for hydroxylation is 1. The van der Waals surface area contributed by atoms with Crippen LogP contribution in [-0.2, 0) is 0 Å². The van der Waals surface area contributed by atoms with Crippen LogP contribution in [0.5, 0.6) is 5.75 Å². The van der Waals surface area contributed by atoms with Crippen molar-refractivity contribution in [1.82, 2.24) is 0 Å². The van der Waals surface area contributed by atoms with Gasteiger partial charge in [-0.15, -0.1) is 0 Å². The summed E-state index contributed by atoms with van der Waals surface area (Å²) >= 11 is 11.9. The van der Waals surface area contributed by atoms with Crippen molar-refractivity contribution < 1.29 is 9.50 Å². The zero-order valence-corrected chi connectivity index (χ0v) is 10.5. The molecule has 17 heavy (non-hydrogen) atoms. The first-order chi connectivity index (χ1) is 7.99. The minimum atomic E-state index is -0.299. The van der Waals surface area contributed by atoms with E-state index in [4.69, 9.17) is 23.2 Å². The predicted octanol–water partition coefficient (Wildman–Crippen LogP) is 4.81. The third kappa shape index (κ3) is 2.38. The van der Waals surface area contributed by atoms with E-state index in [0.29, 0.717) is 10.6 Å². The summed E-state index contributed by atoms with van der Waals surface area (Å²) in [5.41, 5.74) is 2.22. The number of halogens is 3. The van der Waals surface area contributed by atoms with Crippen LogP contribution >= 0.6 is 23.2 Å². The zero-order chi connectivity index (χ0) is 12.6. The molecule has 0 heterocycles. The van der Waals surface area contributed by atoms with Crippen molar-refractivity contribution >= 4 is 23.2 Å². The molecule has 0 amide bonds. The summed E-state index contributed by atoms with van der Waals surface area (Å²) < 4.78 is 13.0. The highest BCUT2D eigenvalue weighted by molar-refractivity contribution is 6.36. The van der Waals surface area contributed by atoms with E-state index in [2.05, 4.69) is 0 Å². The summed E-state index contributed by atoms with van der Waals surface area (Å²) in [6.07, 6.45) is 0. The summed E-state index contributed by atoms with van der Waals surface area (Å²) in [5, 5.41) is 10.0. The van der Waals surface area contributed by atoms with Gasteiger partial charge >= 0.3 is 0 Å². The van der Waals surface area contributed by atoms with Crippen molar-refractivity contribution in [2.45, 2.75) is 6.92 Å². The molecule has 0 aliphatic rings. The molecule has 0 spiro atoms. The fourth-order valence-corrected chi connectivity index (χ4v) is 2.10. The normalized spacial score (nSPS) is 10.6. The van der Waals surface area contributed by atoms with Gasteiger partial charge in [0.2, 0.25) is 0 Å². The fraction of sp³-hybridized carbons (Fsp3) is 0.0769. The standard InChI is InChI=1S/C13H9Cl2FO/c1-7-4-8(16)2-3-9(7)10-5-12(15)13(17)6-11(10)14/h2-6,17H,1H3. The van der Waals surface area contributed by atoms with E-state index in [1.165, 1.54) is 18.2 Å². The largest absolute Gasteiger partial charge is 0.506 e. The molecular weight excluding hydrogens is 262 g/mol. The minimum Gasteiger partial charge on any atom is -0.506 e. The first-order valence-electron chi connectivity index (χ1n) is 4.93. The number of benzene rings is 2. The van der Waals surface area contributed by atoms with Gasteiger partial charge in [0.1, 0.15) is 11.6 Å². The SMILES string of the molecule is Cc1cc(F)ccc1-c1cc(Cl)c(O)cc1Cl. The molecule has 0 saturated carbocycles. The molecule has 0 atom stereocenters.